The number of sulfonamides is 1. The van der Waals surface area contributed by atoms with Crippen molar-refractivity contribution in [3.05, 3.63) is 28.8 Å². The zero-order valence-electron chi connectivity index (χ0n) is 17.2. The van der Waals surface area contributed by atoms with E-state index < -0.39 is 10.0 Å². The molecule has 1 fully saturated rings. The SMILES string of the molecule is COc1cc(C)c(C(C)NC(=O)C2CCCN(S(C)(=O)=O)C2)cc1C(C)C. The second-order valence-corrected chi connectivity index (χ2v) is 9.78. The number of amides is 1. The van der Waals surface area contributed by atoms with E-state index in [9.17, 15) is 13.2 Å². The molecule has 1 aliphatic rings. The van der Waals surface area contributed by atoms with Crippen LogP contribution < -0.4 is 10.1 Å². The highest BCUT2D eigenvalue weighted by Crippen LogP contribution is 2.32. The Labute approximate surface area is 163 Å². The normalized spacial score (nSPS) is 19.7. The summed E-state index contributed by atoms with van der Waals surface area (Å²) in [5.74, 6) is 0.779. The van der Waals surface area contributed by atoms with Gasteiger partial charge in [-0.3, -0.25) is 4.79 Å². The van der Waals surface area contributed by atoms with E-state index in [1.807, 2.05) is 19.9 Å². The topological polar surface area (TPSA) is 75.7 Å². The summed E-state index contributed by atoms with van der Waals surface area (Å²) >= 11 is 0. The van der Waals surface area contributed by atoms with Gasteiger partial charge in [0.1, 0.15) is 5.75 Å². The molecule has 2 atom stereocenters. The van der Waals surface area contributed by atoms with E-state index in [-0.39, 0.29) is 24.4 Å². The van der Waals surface area contributed by atoms with Crippen molar-refractivity contribution in [1.82, 2.24) is 9.62 Å². The van der Waals surface area contributed by atoms with E-state index in [0.717, 1.165) is 22.4 Å². The first kappa shape index (κ1) is 21.7. The molecular weight excluding hydrogens is 364 g/mol. The van der Waals surface area contributed by atoms with E-state index in [4.69, 9.17) is 4.74 Å². The molecule has 0 saturated carbocycles. The predicted molar refractivity (Wildman–Crippen MR) is 108 cm³/mol. The lowest BCUT2D eigenvalue weighted by Crippen LogP contribution is -2.45. The van der Waals surface area contributed by atoms with Gasteiger partial charge in [0.05, 0.1) is 25.3 Å². The molecule has 1 N–H and O–H groups in total. The lowest BCUT2D eigenvalue weighted by atomic mass is 9.92. The first-order chi connectivity index (χ1) is 12.5. The van der Waals surface area contributed by atoms with E-state index in [1.165, 1.54) is 10.6 Å². The quantitative estimate of drug-likeness (QED) is 0.802. The van der Waals surface area contributed by atoms with Crippen molar-refractivity contribution in [2.24, 2.45) is 5.92 Å². The van der Waals surface area contributed by atoms with Crippen LogP contribution in [0.3, 0.4) is 0 Å². The second-order valence-electron chi connectivity index (χ2n) is 7.80. The first-order valence-electron chi connectivity index (χ1n) is 9.48. The molecule has 0 aromatic heterocycles. The minimum absolute atomic E-state index is 0.0860. The van der Waals surface area contributed by atoms with E-state index in [0.29, 0.717) is 25.3 Å². The summed E-state index contributed by atoms with van der Waals surface area (Å²) in [6, 6.07) is 3.96. The van der Waals surface area contributed by atoms with Crippen LogP contribution in [0.1, 0.15) is 62.3 Å². The molecule has 0 radical (unpaired) electrons. The Morgan fingerprint density at radius 3 is 2.48 bits per heavy atom. The molecule has 1 aromatic rings. The summed E-state index contributed by atoms with van der Waals surface area (Å²) in [5, 5.41) is 3.08. The molecule has 0 spiro atoms. The van der Waals surface area contributed by atoms with Crippen LogP contribution in [0.4, 0.5) is 0 Å². The number of rotatable bonds is 6. The third-order valence-electron chi connectivity index (χ3n) is 5.29. The third kappa shape index (κ3) is 5.23. The Balaban J connectivity index is 2.16. The van der Waals surface area contributed by atoms with Gasteiger partial charge in [0.2, 0.25) is 15.9 Å². The first-order valence-corrected chi connectivity index (χ1v) is 11.3. The van der Waals surface area contributed by atoms with Gasteiger partial charge in [0, 0.05) is 13.1 Å². The summed E-state index contributed by atoms with van der Waals surface area (Å²) in [4.78, 5) is 12.8. The minimum Gasteiger partial charge on any atom is -0.496 e. The van der Waals surface area contributed by atoms with E-state index in [1.54, 1.807) is 7.11 Å². The van der Waals surface area contributed by atoms with Crippen molar-refractivity contribution >= 4 is 15.9 Å². The Hall–Kier alpha value is -1.60. The molecule has 2 rings (SSSR count). The standard InChI is InChI=1S/C20H32N2O4S/c1-13(2)17-11-18(14(3)10-19(17)26-5)15(4)21-20(23)16-8-7-9-22(12-16)27(6,24)25/h10-11,13,15-16H,7-9,12H2,1-6H3,(H,21,23). The number of nitrogens with zero attached hydrogens (tertiary/aromatic N) is 1. The van der Waals surface area contributed by atoms with Crippen molar-refractivity contribution in [3.63, 3.8) is 0 Å². The number of piperidine rings is 1. The number of nitrogens with one attached hydrogen (secondary N) is 1. The monoisotopic (exact) mass is 396 g/mol. The summed E-state index contributed by atoms with van der Waals surface area (Å²) in [5.41, 5.74) is 3.23. The van der Waals surface area contributed by atoms with Crippen molar-refractivity contribution < 1.29 is 17.9 Å². The van der Waals surface area contributed by atoms with Crippen LogP contribution in [0.2, 0.25) is 0 Å². The number of carbonyl (C=O) groups excluding carboxylic acids is 1. The van der Waals surface area contributed by atoms with Gasteiger partial charge in [-0.05, 0) is 61.4 Å². The number of aryl methyl sites for hydroxylation is 1. The van der Waals surface area contributed by atoms with E-state index in [2.05, 4.69) is 25.2 Å². The highest BCUT2D eigenvalue weighted by atomic mass is 32.2. The maximum Gasteiger partial charge on any atom is 0.224 e. The lowest BCUT2D eigenvalue weighted by molar-refractivity contribution is -0.126. The molecule has 0 aliphatic carbocycles. The fourth-order valence-electron chi connectivity index (χ4n) is 3.68. The predicted octanol–water partition coefficient (Wildman–Crippen LogP) is 2.98. The van der Waals surface area contributed by atoms with Crippen LogP contribution >= 0.6 is 0 Å². The molecule has 0 bridgehead atoms. The van der Waals surface area contributed by atoms with Crippen molar-refractivity contribution in [2.75, 3.05) is 26.5 Å². The van der Waals surface area contributed by atoms with Crippen LogP contribution in [0.15, 0.2) is 12.1 Å². The van der Waals surface area contributed by atoms with Gasteiger partial charge in [-0.1, -0.05) is 13.8 Å². The van der Waals surface area contributed by atoms with Crippen LogP contribution in [-0.2, 0) is 14.8 Å². The number of hydrogen-bond donors (Lipinski definition) is 1. The fraction of sp³-hybridized carbons (Fsp3) is 0.650. The maximum atomic E-state index is 12.8. The van der Waals surface area contributed by atoms with Crippen molar-refractivity contribution in [3.8, 4) is 5.75 Å². The molecule has 1 aromatic carbocycles. The molecular formula is C20H32N2O4S. The molecule has 6 nitrogen and oxygen atoms in total. The Morgan fingerprint density at radius 1 is 1.26 bits per heavy atom. The van der Waals surface area contributed by atoms with Crippen LogP contribution in [0, 0.1) is 12.8 Å². The Kier molecular flexibility index (Phi) is 6.92. The van der Waals surface area contributed by atoms with Gasteiger partial charge in [-0.2, -0.15) is 0 Å². The molecule has 152 valence electrons. The van der Waals surface area contributed by atoms with Crippen LogP contribution in [0.5, 0.6) is 5.75 Å². The number of benzene rings is 1. The molecule has 1 aliphatic heterocycles. The molecule has 27 heavy (non-hydrogen) atoms. The van der Waals surface area contributed by atoms with E-state index >= 15 is 0 Å². The molecule has 1 saturated heterocycles. The summed E-state index contributed by atoms with van der Waals surface area (Å²) in [7, 11) is -1.59. The van der Waals surface area contributed by atoms with Gasteiger partial charge in [0.25, 0.3) is 0 Å². The van der Waals surface area contributed by atoms with Crippen LogP contribution in [0.25, 0.3) is 0 Å². The Morgan fingerprint density at radius 2 is 1.93 bits per heavy atom. The Bertz CT molecular complexity index is 789. The maximum absolute atomic E-state index is 12.8. The second kappa shape index (κ2) is 8.61. The van der Waals surface area contributed by atoms with Gasteiger partial charge >= 0.3 is 0 Å². The highest BCUT2D eigenvalue weighted by Gasteiger charge is 2.31. The van der Waals surface area contributed by atoms with Crippen LogP contribution in [-0.4, -0.2) is 45.1 Å². The fourth-order valence-corrected chi connectivity index (χ4v) is 4.59. The smallest absolute Gasteiger partial charge is 0.224 e. The van der Waals surface area contributed by atoms with Gasteiger partial charge < -0.3 is 10.1 Å². The molecule has 1 heterocycles. The largest absolute Gasteiger partial charge is 0.496 e. The van der Waals surface area contributed by atoms with Gasteiger partial charge in [-0.15, -0.1) is 0 Å². The summed E-state index contributed by atoms with van der Waals surface area (Å²) in [6.07, 6.45) is 2.62. The third-order valence-corrected chi connectivity index (χ3v) is 6.56. The average molecular weight is 397 g/mol. The summed E-state index contributed by atoms with van der Waals surface area (Å²) in [6.45, 7) is 8.96. The lowest BCUT2D eigenvalue weighted by Gasteiger charge is -2.31. The molecule has 7 heteroatoms. The number of ether oxygens (including phenoxy) is 1. The summed E-state index contributed by atoms with van der Waals surface area (Å²) < 4.78 is 30.5. The molecule has 1 amide bonds. The average Bonchev–Trinajstić information content (AvgIpc) is 2.60. The van der Waals surface area contributed by atoms with Gasteiger partial charge in [-0.25, -0.2) is 12.7 Å². The minimum atomic E-state index is -3.26. The number of hydrogen-bond acceptors (Lipinski definition) is 4. The zero-order chi connectivity index (χ0) is 20.4. The number of carbonyl (C=O) groups is 1. The highest BCUT2D eigenvalue weighted by molar-refractivity contribution is 7.88. The van der Waals surface area contributed by atoms with Crippen molar-refractivity contribution in [2.45, 2.75) is 52.5 Å². The zero-order valence-corrected chi connectivity index (χ0v) is 18.0. The molecule has 2 unspecified atom stereocenters. The number of methoxy groups -OCH3 is 1. The van der Waals surface area contributed by atoms with Gasteiger partial charge in [0.15, 0.2) is 0 Å². The van der Waals surface area contributed by atoms with Crippen molar-refractivity contribution in [1.29, 1.82) is 0 Å².